The molecule has 0 aromatic carbocycles. The maximum Gasteiger partial charge on any atom is 0.433 e. The van der Waals surface area contributed by atoms with Gasteiger partial charge >= 0.3 is 16.5 Å². The number of aromatic nitrogens is 1. The minimum absolute atomic E-state index is 0.0509. The van der Waals surface area contributed by atoms with Crippen molar-refractivity contribution >= 4 is 16.4 Å². The van der Waals surface area contributed by atoms with E-state index in [1.807, 2.05) is 0 Å². The van der Waals surface area contributed by atoms with Gasteiger partial charge in [-0.25, -0.2) is 4.31 Å². The van der Waals surface area contributed by atoms with E-state index in [1.165, 1.54) is 6.92 Å². The molecule has 0 aliphatic carbocycles. The number of alkyl halides is 3. The van der Waals surface area contributed by atoms with Gasteiger partial charge in [-0.05, 0) is 11.6 Å². The maximum atomic E-state index is 12.4. The monoisotopic (exact) mass is 339 g/mol. The third-order valence-electron chi connectivity index (χ3n) is 3.29. The third-order valence-corrected chi connectivity index (χ3v) is 4.63. The standard InChI is InChI=1S/C11H11F3N2O5S/c1-6(7-2-3-9(15-4-7)11(12,13)14)8-5-21-22(19,20)16(8)10(17)18/h2-4,6,8H,5H2,1H3,(H,17,18)/p-1/t6-,8+/m0/s1. The van der Waals surface area contributed by atoms with Crippen molar-refractivity contribution in [1.29, 1.82) is 0 Å². The summed E-state index contributed by atoms with van der Waals surface area (Å²) in [5.74, 6) is -0.759. The summed E-state index contributed by atoms with van der Waals surface area (Å²) >= 11 is 0. The molecular formula is C11H10F3N2O5S-. The second-order valence-corrected chi connectivity index (χ2v) is 6.12. The molecule has 1 amide bonds. The van der Waals surface area contributed by atoms with Crippen molar-refractivity contribution in [3.05, 3.63) is 29.6 Å². The van der Waals surface area contributed by atoms with Gasteiger partial charge in [-0.15, -0.1) is 0 Å². The molecule has 0 N–H and O–H groups in total. The molecule has 1 fully saturated rings. The van der Waals surface area contributed by atoms with Crippen molar-refractivity contribution in [1.82, 2.24) is 9.29 Å². The van der Waals surface area contributed by atoms with E-state index >= 15 is 0 Å². The summed E-state index contributed by atoms with van der Waals surface area (Å²) in [6, 6.07) is 0.715. The molecule has 0 saturated carbocycles. The van der Waals surface area contributed by atoms with Gasteiger partial charge in [-0.3, -0.25) is 9.17 Å². The molecule has 1 aliphatic heterocycles. The van der Waals surface area contributed by atoms with Crippen LogP contribution in [-0.2, 0) is 20.7 Å². The first-order chi connectivity index (χ1) is 10.0. The van der Waals surface area contributed by atoms with E-state index in [1.54, 1.807) is 0 Å². The average molecular weight is 339 g/mol. The van der Waals surface area contributed by atoms with E-state index < -0.39 is 46.8 Å². The van der Waals surface area contributed by atoms with E-state index in [9.17, 15) is 31.5 Å². The molecule has 2 heterocycles. The van der Waals surface area contributed by atoms with Crippen molar-refractivity contribution in [2.45, 2.75) is 25.1 Å². The second-order valence-electron chi connectivity index (χ2n) is 4.63. The van der Waals surface area contributed by atoms with Gasteiger partial charge in [0.2, 0.25) is 0 Å². The normalized spacial score (nSPS) is 22.5. The molecule has 122 valence electrons. The van der Waals surface area contributed by atoms with Gasteiger partial charge in [0.25, 0.3) is 0 Å². The number of carbonyl (C=O) groups excluding carboxylic acids is 1. The Morgan fingerprint density at radius 3 is 2.59 bits per heavy atom. The summed E-state index contributed by atoms with van der Waals surface area (Å²) in [5.41, 5.74) is -0.861. The number of pyridine rings is 1. The molecule has 7 nitrogen and oxygen atoms in total. The van der Waals surface area contributed by atoms with Crippen molar-refractivity contribution in [3.8, 4) is 0 Å². The zero-order valence-corrected chi connectivity index (χ0v) is 11.9. The Balaban J connectivity index is 2.28. The fraction of sp³-hybridized carbons (Fsp3) is 0.455. The number of hydrogen-bond acceptors (Lipinski definition) is 6. The summed E-state index contributed by atoms with van der Waals surface area (Å²) in [7, 11) is -4.45. The van der Waals surface area contributed by atoms with E-state index in [0.717, 1.165) is 18.3 Å². The summed E-state index contributed by atoms with van der Waals surface area (Å²) < 4.78 is 64.7. The first-order valence-electron chi connectivity index (χ1n) is 5.97. The van der Waals surface area contributed by atoms with Crippen LogP contribution in [0.2, 0.25) is 0 Å². The van der Waals surface area contributed by atoms with Crippen molar-refractivity contribution in [2.75, 3.05) is 6.61 Å². The number of carbonyl (C=O) groups is 1. The Morgan fingerprint density at radius 1 is 1.50 bits per heavy atom. The zero-order chi connectivity index (χ0) is 16.7. The van der Waals surface area contributed by atoms with Gasteiger partial charge in [0.05, 0.1) is 12.6 Å². The Kier molecular flexibility index (Phi) is 4.04. The predicted molar refractivity (Wildman–Crippen MR) is 63.5 cm³/mol. The SMILES string of the molecule is C[C@@H](c1ccc(C(F)(F)F)nc1)[C@H]1COS(=O)(=O)N1C(=O)[O-]. The van der Waals surface area contributed by atoms with Crippen molar-refractivity contribution in [2.24, 2.45) is 0 Å². The minimum atomic E-state index is -4.60. The van der Waals surface area contributed by atoms with Crippen LogP contribution in [0.1, 0.15) is 24.1 Å². The van der Waals surface area contributed by atoms with Crippen LogP contribution in [0.15, 0.2) is 18.3 Å². The van der Waals surface area contributed by atoms with Gasteiger partial charge in [-0.1, -0.05) is 13.0 Å². The zero-order valence-electron chi connectivity index (χ0n) is 11.1. The van der Waals surface area contributed by atoms with E-state index in [0.29, 0.717) is 0 Å². The molecule has 0 radical (unpaired) electrons. The molecule has 1 saturated heterocycles. The minimum Gasteiger partial charge on any atom is -0.529 e. The highest BCUT2D eigenvalue weighted by molar-refractivity contribution is 7.85. The molecule has 11 heteroatoms. The summed E-state index contributed by atoms with van der Waals surface area (Å²) in [6.45, 7) is 1.01. The maximum absolute atomic E-state index is 12.4. The van der Waals surface area contributed by atoms with Crippen molar-refractivity contribution < 1.29 is 35.7 Å². The van der Waals surface area contributed by atoms with Gasteiger partial charge in [0, 0.05) is 12.1 Å². The molecule has 0 bridgehead atoms. The van der Waals surface area contributed by atoms with Crippen LogP contribution >= 0.6 is 0 Å². The Bertz CT molecular complexity index is 674. The molecule has 2 atom stereocenters. The lowest BCUT2D eigenvalue weighted by molar-refractivity contribution is -0.260. The molecule has 22 heavy (non-hydrogen) atoms. The van der Waals surface area contributed by atoms with E-state index in [2.05, 4.69) is 9.17 Å². The predicted octanol–water partition coefficient (Wildman–Crippen LogP) is 0.493. The van der Waals surface area contributed by atoms with E-state index in [-0.39, 0.29) is 9.87 Å². The quantitative estimate of drug-likeness (QED) is 0.778. The lowest BCUT2D eigenvalue weighted by Gasteiger charge is -2.27. The molecule has 1 aromatic rings. The van der Waals surface area contributed by atoms with Crippen LogP contribution < -0.4 is 5.11 Å². The van der Waals surface area contributed by atoms with Crippen molar-refractivity contribution in [3.63, 3.8) is 0 Å². The molecule has 2 rings (SSSR count). The van der Waals surface area contributed by atoms with Crippen LogP contribution in [0.25, 0.3) is 0 Å². The van der Waals surface area contributed by atoms with Crippen LogP contribution in [0.5, 0.6) is 0 Å². The molecular weight excluding hydrogens is 329 g/mol. The van der Waals surface area contributed by atoms with Crippen LogP contribution in [-0.4, -0.2) is 36.4 Å². The summed E-state index contributed by atoms with van der Waals surface area (Å²) in [5, 5.41) is 10.9. The fourth-order valence-electron chi connectivity index (χ4n) is 2.08. The van der Waals surface area contributed by atoms with Crippen LogP contribution in [0.4, 0.5) is 18.0 Å². The van der Waals surface area contributed by atoms with Gasteiger partial charge in [-0.2, -0.15) is 21.6 Å². The average Bonchev–Trinajstić information content (AvgIpc) is 2.72. The number of amides is 1. The first-order valence-corrected chi connectivity index (χ1v) is 7.33. The second kappa shape index (κ2) is 5.39. The van der Waals surface area contributed by atoms with Crippen LogP contribution in [0.3, 0.4) is 0 Å². The molecule has 0 unspecified atom stereocenters. The highest BCUT2D eigenvalue weighted by Gasteiger charge is 2.42. The topological polar surface area (TPSA) is 99.6 Å². The molecule has 1 aliphatic rings. The van der Waals surface area contributed by atoms with Gasteiger partial charge < -0.3 is 9.90 Å². The van der Waals surface area contributed by atoms with Gasteiger partial charge in [0.1, 0.15) is 5.69 Å². The lowest BCUT2D eigenvalue weighted by atomic mass is 9.95. The molecule has 1 aromatic heterocycles. The third kappa shape index (κ3) is 2.99. The number of carboxylic acid groups (broad SMARTS) is 1. The smallest absolute Gasteiger partial charge is 0.433 e. The fourth-order valence-corrected chi connectivity index (χ4v) is 3.27. The first kappa shape index (κ1) is 16.5. The van der Waals surface area contributed by atoms with Gasteiger partial charge in [0.15, 0.2) is 6.09 Å². The Labute approximate surface area is 123 Å². The number of halogens is 3. The van der Waals surface area contributed by atoms with Crippen LogP contribution in [0, 0.1) is 0 Å². The summed E-state index contributed by atoms with van der Waals surface area (Å²) in [4.78, 5) is 14.2. The highest BCUT2D eigenvalue weighted by atomic mass is 32.2. The number of rotatable bonds is 2. The number of nitrogens with zero attached hydrogens (tertiary/aromatic N) is 2. The Morgan fingerprint density at radius 2 is 2.14 bits per heavy atom. The lowest BCUT2D eigenvalue weighted by Crippen LogP contribution is -2.48. The highest BCUT2D eigenvalue weighted by Crippen LogP contribution is 2.32. The summed E-state index contributed by atoms with van der Waals surface area (Å²) in [6.07, 6.45) is -5.64. The largest absolute Gasteiger partial charge is 0.529 e. The Hall–Kier alpha value is -1.88. The molecule has 0 spiro atoms. The number of hydrogen-bond donors (Lipinski definition) is 0. The van der Waals surface area contributed by atoms with E-state index in [4.69, 9.17) is 0 Å².